The van der Waals surface area contributed by atoms with Gasteiger partial charge in [-0.3, -0.25) is 0 Å². The number of rotatable bonds is 4. The molecule has 5 nitrogen and oxygen atoms in total. The van der Waals surface area contributed by atoms with Crippen LogP contribution in [0.5, 0.6) is 0 Å². The van der Waals surface area contributed by atoms with Crippen LogP contribution in [0.3, 0.4) is 0 Å². The number of anilines is 1. The van der Waals surface area contributed by atoms with Crippen LogP contribution < -0.4 is 5.32 Å². The van der Waals surface area contributed by atoms with Gasteiger partial charge < -0.3 is 14.3 Å². The van der Waals surface area contributed by atoms with Crippen LogP contribution in [0.4, 0.5) is 5.69 Å². The van der Waals surface area contributed by atoms with Gasteiger partial charge in [0.05, 0.1) is 12.0 Å². The molecule has 0 saturated carbocycles. The lowest BCUT2D eigenvalue weighted by Gasteiger charge is -2.18. The van der Waals surface area contributed by atoms with E-state index in [1.807, 2.05) is 42.1 Å². The molecule has 3 rings (SSSR count). The summed E-state index contributed by atoms with van der Waals surface area (Å²) in [6.07, 6.45) is 6.92. The summed E-state index contributed by atoms with van der Waals surface area (Å²) in [5, 5.41) is 3.74. The SMILES string of the molecule is Cn1ccnc1C(Nc1cccnc1Cl)c1ccco1. The number of nitrogens with zero attached hydrogens (tertiary/aromatic N) is 3. The highest BCUT2D eigenvalue weighted by molar-refractivity contribution is 6.31. The van der Waals surface area contributed by atoms with Crippen molar-refractivity contribution in [3.05, 3.63) is 65.9 Å². The molecule has 0 bridgehead atoms. The Kier molecular flexibility index (Phi) is 3.43. The molecule has 6 heteroatoms. The fraction of sp³-hybridized carbons (Fsp3) is 0.143. The molecule has 1 atom stereocenters. The normalized spacial score (nSPS) is 12.3. The molecule has 1 unspecified atom stereocenters. The molecule has 0 aliphatic rings. The maximum atomic E-state index is 6.10. The predicted molar refractivity (Wildman–Crippen MR) is 76.6 cm³/mol. The molecule has 1 N–H and O–H groups in total. The van der Waals surface area contributed by atoms with Gasteiger partial charge in [0.15, 0.2) is 5.15 Å². The van der Waals surface area contributed by atoms with E-state index in [2.05, 4.69) is 15.3 Å². The van der Waals surface area contributed by atoms with Crippen molar-refractivity contribution in [3.8, 4) is 0 Å². The Morgan fingerprint density at radius 2 is 2.15 bits per heavy atom. The van der Waals surface area contributed by atoms with Gasteiger partial charge in [-0.15, -0.1) is 0 Å². The van der Waals surface area contributed by atoms with Gasteiger partial charge in [-0.1, -0.05) is 11.6 Å². The third kappa shape index (κ3) is 2.40. The Morgan fingerprint density at radius 3 is 2.80 bits per heavy atom. The Labute approximate surface area is 121 Å². The van der Waals surface area contributed by atoms with Gasteiger partial charge in [-0.2, -0.15) is 0 Å². The zero-order chi connectivity index (χ0) is 13.9. The number of imidazole rings is 1. The molecule has 3 aromatic rings. The van der Waals surface area contributed by atoms with E-state index in [9.17, 15) is 0 Å². The number of aryl methyl sites for hydroxylation is 1. The minimum atomic E-state index is -0.230. The highest BCUT2D eigenvalue weighted by Crippen LogP contribution is 2.28. The van der Waals surface area contributed by atoms with E-state index in [1.165, 1.54) is 0 Å². The number of hydrogen-bond acceptors (Lipinski definition) is 4. The summed E-state index contributed by atoms with van der Waals surface area (Å²) in [5.74, 6) is 1.60. The van der Waals surface area contributed by atoms with Gasteiger partial charge in [-0.05, 0) is 24.3 Å². The number of furan rings is 1. The smallest absolute Gasteiger partial charge is 0.152 e. The lowest BCUT2D eigenvalue weighted by Crippen LogP contribution is -2.16. The second-order valence-electron chi connectivity index (χ2n) is 4.33. The van der Waals surface area contributed by atoms with Crippen molar-refractivity contribution in [1.82, 2.24) is 14.5 Å². The average Bonchev–Trinajstić information content (AvgIpc) is 3.10. The van der Waals surface area contributed by atoms with E-state index in [0.717, 1.165) is 17.3 Å². The second kappa shape index (κ2) is 5.38. The molecule has 0 amide bonds. The second-order valence-corrected chi connectivity index (χ2v) is 4.69. The van der Waals surface area contributed by atoms with E-state index < -0.39 is 0 Å². The largest absolute Gasteiger partial charge is 0.467 e. The zero-order valence-corrected chi connectivity index (χ0v) is 11.6. The molecule has 0 radical (unpaired) electrons. The van der Waals surface area contributed by atoms with E-state index in [-0.39, 0.29) is 6.04 Å². The van der Waals surface area contributed by atoms with Crippen LogP contribution in [0.2, 0.25) is 5.15 Å². The number of aromatic nitrogens is 3. The van der Waals surface area contributed by atoms with Crippen molar-refractivity contribution < 1.29 is 4.42 Å². The monoisotopic (exact) mass is 288 g/mol. The molecule has 3 heterocycles. The summed E-state index contributed by atoms with van der Waals surface area (Å²) in [4.78, 5) is 8.44. The Morgan fingerprint density at radius 1 is 1.25 bits per heavy atom. The number of halogens is 1. The van der Waals surface area contributed by atoms with Gasteiger partial charge in [0.1, 0.15) is 17.6 Å². The molecule has 0 fully saturated rings. The molecule has 0 aliphatic heterocycles. The van der Waals surface area contributed by atoms with Crippen LogP contribution in [0.1, 0.15) is 17.6 Å². The van der Waals surface area contributed by atoms with E-state index in [1.54, 1.807) is 18.7 Å². The molecule has 0 spiro atoms. The molecule has 3 aromatic heterocycles. The summed E-state index contributed by atoms with van der Waals surface area (Å²) >= 11 is 6.10. The minimum Gasteiger partial charge on any atom is -0.467 e. The Hall–Kier alpha value is -2.27. The first-order chi connectivity index (χ1) is 9.75. The lowest BCUT2D eigenvalue weighted by molar-refractivity contribution is 0.488. The van der Waals surface area contributed by atoms with Crippen LogP contribution in [0.25, 0.3) is 0 Å². The fourth-order valence-electron chi connectivity index (χ4n) is 2.02. The number of nitrogens with one attached hydrogen (secondary N) is 1. The van der Waals surface area contributed by atoms with E-state index >= 15 is 0 Å². The van der Waals surface area contributed by atoms with E-state index in [0.29, 0.717) is 5.15 Å². The Bertz CT molecular complexity index is 693. The van der Waals surface area contributed by atoms with Crippen LogP contribution in [0, 0.1) is 0 Å². The first-order valence-electron chi connectivity index (χ1n) is 6.13. The maximum absolute atomic E-state index is 6.10. The van der Waals surface area contributed by atoms with Crippen molar-refractivity contribution in [2.24, 2.45) is 7.05 Å². The van der Waals surface area contributed by atoms with Crippen molar-refractivity contribution in [1.29, 1.82) is 0 Å². The quantitative estimate of drug-likeness (QED) is 0.749. The van der Waals surface area contributed by atoms with Gasteiger partial charge in [0, 0.05) is 25.6 Å². The molecule has 20 heavy (non-hydrogen) atoms. The maximum Gasteiger partial charge on any atom is 0.152 e. The summed E-state index contributed by atoms with van der Waals surface area (Å²) in [7, 11) is 1.94. The molecular formula is C14H13ClN4O. The number of pyridine rings is 1. The third-order valence-corrected chi connectivity index (χ3v) is 3.30. The molecule has 0 saturated heterocycles. The highest BCUT2D eigenvalue weighted by atomic mass is 35.5. The minimum absolute atomic E-state index is 0.230. The predicted octanol–water partition coefficient (Wildman–Crippen LogP) is 3.26. The van der Waals surface area contributed by atoms with Crippen LogP contribution in [-0.2, 0) is 7.05 Å². The van der Waals surface area contributed by atoms with Gasteiger partial charge in [-0.25, -0.2) is 9.97 Å². The molecule has 102 valence electrons. The Balaban J connectivity index is 1.99. The summed E-state index contributed by atoms with van der Waals surface area (Å²) in [6, 6.07) is 7.21. The first kappa shape index (κ1) is 12.7. The van der Waals surface area contributed by atoms with Crippen molar-refractivity contribution >= 4 is 17.3 Å². The fourth-order valence-corrected chi connectivity index (χ4v) is 2.20. The molecule has 0 aromatic carbocycles. The van der Waals surface area contributed by atoms with Crippen molar-refractivity contribution in [2.75, 3.05) is 5.32 Å². The summed E-state index contributed by atoms with van der Waals surface area (Å²) in [6.45, 7) is 0. The van der Waals surface area contributed by atoms with E-state index in [4.69, 9.17) is 16.0 Å². The number of hydrogen-bond donors (Lipinski definition) is 1. The van der Waals surface area contributed by atoms with Gasteiger partial charge in [0.2, 0.25) is 0 Å². The lowest BCUT2D eigenvalue weighted by atomic mass is 10.2. The summed E-state index contributed by atoms with van der Waals surface area (Å²) in [5.41, 5.74) is 0.735. The molecular weight excluding hydrogens is 276 g/mol. The van der Waals surface area contributed by atoms with Gasteiger partial charge >= 0.3 is 0 Å². The standard InChI is InChI=1S/C14H13ClN4O/c1-19-8-7-17-14(19)12(11-5-3-9-20-11)18-10-4-2-6-16-13(10)15/h2-9,12,18H,1H3. The topological polar surface area (TPSA) is 55.9 Å². The third-order valence-electron chi connectivity index (χ3n) is 3.00. The van der Waals surface area contributed by atoms with Crippen LogP contribution in [0.15, 0.2) is 53.5 Å². The zero-order valence-electron chi connectivity index (χ0n) is 10.8. The van der Waals surface area contributed by atoms with Crippen LogP contribution >= 0.6 is 11.6 Å². The van der Waals surface area contributed by atoms with Crippen molar-refractivity contribution in [2.45, 2.75) is 6.04 Å². The average molecular weight is 289 g/mol. The van der Waals surface area contributed by atoms with Gasteiger partial charge in [0.25, 0.3) is 0 Å². The van der Waals surface area contributed by atoms with Crippen LogP contribution in [-0.4, -0.2) is 14.5 Å². The van der Waals surface area contributed by atoms with Crippen molar-refractivity contribution in [3.63, 3.8) is 0 Å². The first-order valence-corrected chi connectivity index (χ1v) is 6.51. The highest BCUT2D eigenvalue weighted by Gasteiger charge is 2.21. The summed E-state index contributed by atoms with van der Waals surface area (Å²) < 4.78 is 7.44. The molecule has 0 aliphatic carbocycles.